The number of amides is 2. The number of imidazole rings is 1. The highest BCUT2D eigenvalue weighted by Crippen LogP contribution is 2.17. The second kappa shape index (κ2) is 7.19. The first-order valence-corrected chi connectivity index (χ1v) is 7.89. The molecular weight excluding hydrogens is 340 g/mol. The Bertz CT molecular complexity index is 919. The Morgan fingerprint density at radius 2 is 1.72 bits per heavy atom. The smallest absolute Gasteiger partial charge is 0.276 e. The van der Waals surface area contributed by atoms with Crippen LogP contribution in [-0.4, -0.2) is 21.8 Å². The molecule has 25 heavy (non-hydrogen) atoms. The average molecular weight is 355 g/mol. The molecule has 0 aliphatic heterocycles. The van der Waals surface area contributed by atoms with Crippen LogP contribution >= 0.6 is 11.6 Å². The number of rotatable bonds is 4. The van der Waals surface area contributed by atoms with E-state index in [1.54, 1.807) is 30.3 Å². The van der Waals surface area contributed by atoms with Crippen molar-refractivity contribution in [2.45, 2.75) is 6.92 Å². The van der Waals surface area contributed by atoms with Gasteiger partial charge in [-0.05, 0) is 42.8 Å². The van der Waals surface area contributed by atoms with Crippen molar-refractivity contribution >= 4 is 34.8 Å². The maximum Gasteiger partial charge on any atom is 0.276 e. The Morgan fingerprint density at radius 1 is 1.00 bits per heavy atom. The summed E-state index contributed by atoms with van der Waals surface area (Å²) in [4.78, 5) is 31.5. The number of carbonyl (C=O) groups excluding carboxylic acids is 2. The molecule has 126 valence electrons. The van der Waals surface area contributed by atoms with Crippen molar-refractivity contribution < 1.29 is 9.59 Å². The molecule has 0 bridgehead atoms. The van der Waals surface area contributed by atoms with E-state index >= 15 is 0 Å². The number of aromatic amines is 1. The Kier molecular flexibility index (Phi) is 4.81. The Balaban J connectivity index is 1.77. The highest BCUT2D eigenvalue weighted by molar-refractivity contribution is 6.30. The molecule has 2 aromatic carbocycles. The van der Waals surface area contributed by atoms with Gasteiger partial charge in [-0.15, -0.1) is 0 Å². The first-order chi connectivity index (χ1) is 12.0. The largest absolute Gasteiger partial charge is 0.340 e. The van der Waals surface area contributed by atoms with E-state index in [0.717, 1.165) is 5.56 Å². The molecule has 0 atom stereocenters. The SMILES string of the molecule is Cc1ccccc1NC(=O)c1[nH]cnc1C(=O)Nc1ccc(Cl)cc1. The fourth-order valence-electron chi connectivity index (χ4n) is 2.26. The maximum atomic E-state index is 12.5. The van der Waals surface area contributed by atoms with E-state index in [-0.39, 0.29) is 11.4 Å². The highest BCUT2D eigenvalue weighted by Gasteiger charge is 2.21. The molecule has 0 radical (unpaired) electrons. The summed E-state index contributed by atoms with van der Waals surface area (Å²) in [6.07, 6.45) is 1.31. The summed E-state index contributed by atoms with van der Waals surface area (Å²) in [5.74, 6) is -0.924. The van der Waals surface area contributed by atoms with E-state index < -0.39 is 11.8 Å². The number of benzene rings is 2. The number of H-pyrrole nitrogens is 1. The van der Waals surface area contributed by atoms with Crippen LogP contribution in [0.4, 0.5) is 11.4 Å². The zero-order valence-corrected chi connectivity index (χ0v) is 14.1. The van der Waals surface area contributed by atoms with Crippen molar-refractivity contribution in [2.24, 2.45) is 0 Å². The van der Waals surface area contributed by atoms with Crippen molar-refractivity contribution in [3.8, 4) is 0 Å². The van der Waals surface area contributed by atoms with Gasteiger partial charge in [0.05, 0.1) is 6.33 Å². The summed E-state index contributed by atoms with van der Waals surface area (Å²) >= 11 is 5.82. The molecule has 0 unspecified atom stereocenters. The third-order valence-electron chi connectivity index (χ3n) is 3.58. The zero-order chi connectivity index (χ0) is 17.8. The van der Waals surface area contributed by atoms with Gasteiger partial charge in [0.2, 0.25) is 0 Å². The van der Waals surface area contributed by atoms with Gasteiger partial charge in [-0.3, -0.25) is 9.59 Å². The zero-order valence-electron chi connectivity index (χ0n) is 13.3. The minimum absolute atomic E-state index is 0.0148. The number of nitrogens with one attached hydrogen (secondary N) is 3. The fourth-order valence-corrected chi connectivity index (χ4v) is 2.39. The molecule has 2 amide bonds. The molecule has 1 heterocycles. The lowest BCUT2D eigenvalue weighted by molar-refractivity contribution is 0.0985. The number of hydrogen-bond acceptors (Lipinski definition) is 3. The third-order valence-corrected chi connectivity index (χ3v) is 3.83. The van der Waals surface area contributed by atoms with E-state index in [2.05, 4.69) is 20.6 Å². The molecule has 0 fully saturated rings. The first kappa shape index (κ1) is 16.7. The molecule has 6 nitrogen and oxygen atoms in total. The number of para-hydroxylation sites is 1. The lowest BCUT2D eigenvalue weighted by Crippen LogP contribution is -2.20. The van der Waals surface area contributed by atoms with Crippen LogP contribution in [0.1, 0.15) is 26.5 Å². The van der Waals surface area contributed by atoms with Crippen LogP contribution in [0.3, 0.4) is 0 Å². The molecular formula is C18H15ClN4O2. The number of anilines is 2. The van der Waals surface area contributed by atoms with E-state index in [9.17, 15) is 9.59 Å². The predicted molar refractivity (Wildman–Crippen MR) is 97.1 cm³/mol. The number of aryl methyl sites for hydroxylation is 1. The van der Waals surface area contributed by atoms with Gasteiger partial charge in [-0.2, -0.15) is 0 Å². The summed E-state index contributed by atoms with van der Waals surface area (Å²) < 4.78 is 0. The van der Waals surface area contributed by atoms with Gasteiger partial charge >= 0.3 is 0 Å². The topological polar surface area (TPSA) is 86.9 Å². The first-order valence-electron chi connectivity index (χ1n) is 7.52. The standard InChI is InChI=1S/C18H15ClN4O2/c1-11-4-2-3-5-14(11)23-18(25)16-15(20-10-21-16)17(24)22-13-8-6-12(19)7-9-13/h2-10H,1H3,(H,20,21)(H,22,24)(H,23,25). The van der Waals surface area contributed by atoms with Gasteiger partial charge in [0.15, 0.2) is 5.69 Å². The second-order valence-electron chi connectivity index (χ2n) is 5.36. The van der Waals surface area contributed by atoms with Crippen LogP contribution in [0.25, 0.3) is 0 Å². The minimum Gasteiger partial charge on any atom is -0.340 e. The van der Waals surface area contributed by atoms with Crippen molar-refractivity contribution in [3.63, 3.8) is 0 Å². The van der Waals surface area contributed by atoms with Crippen molar-refractivity contribution in [1.29, 1.82) is 0 Å². The number of hydrogen-bond donors (Lipinski definition) is 3. The summed E-state index contributed by atoms with van der Waals surface area (Å²) in [7, 11) is 0. The molecule has 3 aromatic rings. The van der Waals surface area contributed by atoms with Gasteiger partial charge < -0.3 is 15.6 Å². The van der Waals surface area contributed by atoms with Crippen molar-refractivity contribution in [2.75, 3.05) is 10.6 Å². The molecule has 0 aliphatic rings. The Hall–Kier alpha value is -3.12. The lowest BCUT2D eigenvalue weighted by atomic mass is 10.2. The van der Waals surface area contributed by atoms with E-state index in [1.165, 1.54) is 6.33 Å². The van der Waals surface area contributed by atoms with Gasteiger partial charge in [0, 0.05) is 16.4 Å². The van der Waals surface area contributed by atoms with Crippen LogP contribution in [0.15, 0.2) is 54.9 Å². The minimum atomic E-state index is -0.487. The van der Waals surface area contributed by atoms with Crippen LogP contribution in [0.2, 0.25) is 5.02 Å². The maximum absolute atomic E-state index is 12.5. The number of nitrogens with zero attached hydrogens (tertiary/aromatic N) is 1. The summed E-state index contributed by atoms with van der Waals surface area (Å²) in [6.45, 7) is 1.89. The van der Waals surface area contributed by atoms with Crippen molar-refractivity contribution in [3.05, 3.63) is 76.8 Å². The Labute approximate surface area is 149 Å². The number of carbonyl (C=O) groups is 2. The van der Waals surface area contributed by atoms with Crippen LogP contribution in [0.5, 0.6) is 0 Å². The molecule has 0 saturated carbocycles. The molecule has 0 saturated heterocycles. The summed E-state index contributed by atoms with van der Waals surface area (Å²) in [5, 5.41) is 6.02. The van der Waals surface area contributed by atoms with Crippen LogP contribution < -0.4 is 10.6 Å². The Morgan fingerprint density at radius 3 is 2.44 bits per heavy atom. The monoisotopic (exact) mass is 354 g/mol. The summed E-state index contributed by atoms with van der Waals surface area (Å²) in [5.41, 5.74) is 2.26. The quantitative estimate of drug-likeness (QED) is 0.664. The molecule has 7 heteroatoms. The predicted octanol–water partition coefficient (Wildman–Crippen LogP) is 3.88. The molecule has 0 aliphatic carbocycles. The number of halogens is 1. The molecule has 3 rings (SSSR count). The van der Waals surface area contributed by atoms with E-state index in [4.69, 9.17) is 11.6 Å². The van der Waals surface area contributed by atoms with Crippen molar-refractivity contribution in [1.82, 2.24) is 9.97 Å². The summed E-state index contributed by atoms with van der Waals surface area (Å²) in [6, 6.07) is 14.0. The van der Waals surface area contributed by atoms with E-state index in [1.807, 2.05) is 25.1 Å². The van der Waals surface area contributed by atoms with Crippen LogP contribution in [0, 0.1) is 6.92 Å². The van der Waals surface area contributed by atoms with E-state index in [0.29, 0.717) is 16.4 Å². The van der Waals surface area contributed by atoms with Gasteiger partial charge in [-0.25, -0.2) is 4.98 Å². The highest BCUT2D eigenvalue weighted by atomic mass is 35.5. The second-order valence-corrected chi connectivity index (χ2v) is 5.79. The lowest BCUT2D eigenvalue weighted by Gasteiger charge is -2.08. The third kappa shape index (κ3) is 3.87. The number of aromatic nitrogens is 2. The molecule has 0 spiro atoms. The van der Waals surface area contributed by atoms with Gasteiger partial charge in [0.25, 0.3) is 11.8 Å². The van der Waals surface area contributed by atoms with Gasteiger partial charge in [-0.1, -0.05) is 29.8 Å². The molecule has 3 N–H and O–H groups in total. The van der Waals surface area contributed by atoms with Gasteiger partial charge in [0.1, 0.15) is 5.69 Å². The molecule has 1 aromatic heterocycles. The fraction of sp³-hybridized carbons (Fsp3) is 0.0556. The van der Waals surface area contributed by atoms with Crippen LogP contribution in [-0.2, 0) is 0 Å². The normalized spacial score (nSPS) is 10.3. The average Bonchev–Trinajstić information content (AvgIpc) is 3.09.